The normalized spacial score (nSPS) is 14.4. The summed E-state index contributed by atoms with van der Waals surface area (Å²) in [5, 5.41) is 2.67. The molecule has 1 amide bonds. The Hall–Kier alpha value is -2.37. The quantitative estimate of drug-likeness (QED) is 0.796. The van der Waals surface area contributed by atoms with Gasteiger partial charge in [0.2, 0.25) is 0 Å². The highest BCUT2D eigenvalue weighted by Gasteiger charge is 2.20. The van der Waals surface area contributed by atoms with E-state index in [0.717, 1.165) is 17.4 Å². The molecule has 6 heteroatoms. The van der Waals surface area contributed by atoms with E-state index in [2.05, 4.69) is 5.32 Å². The number of alkyl carbamates (subject to hydrolysis) is 1. The number of hydrogen-bond acceptors (Lipinski definition) is 4. The van der Waals surface area contributed by atoms with Gasteiger partial charge in [-0.3, -0.25) is 0 Å². The van der Waals surface area contributed by atoms with Gasteiger partial charge in [0.25, 0.3) is 0 Å². The first kappa shape index (κ1) is 19.0. The molecule has 25 heavy (non-hydrogen) atoms. The number of amides is 1. The summed E-state index contributed by atoms with van der Waals surface area (Å²) < 4.78 is 25.0. The average molecular weight is 349 g/mol. The van der Waals surface area contributed by atoms with Gasteiger partial charge in [-0.2, -0.15) is 0 Å². The van der Waals surface area contributed by atoms with Crippen molar-refractivity contribution in [1.82, 2.24) is 5.32 Å². The molecule has 0 radical (unpaired) electrons. The van der Waals surface area contributed by atoms with Crippen LogP contribution >= 0.6 is 0 Å². The molecule has 1 N–H and O–H groups in total. The predicted octanol–water partition coefficient (Wildman–Crippen LogP) is 3.65. The number of fused-ring (bicyclic) bond motifs is 1. The molecular formula is C19H24FNO4. The van der Waals surface area contributed by atoms with Crippen molar-refractivity contribution >= 4 is 18.5 Å². The minimum atomic E-state index is -0.570. The van der Waals surface area contributed by atoms with Gasteiger partial charge in [-0.15, -0.1) is 0 Å². The van der Waals surface area contributed by atoms with Crippen LogP contribution < -0.4 is 10.1 Å². The fourth-order valence-electron chi connectivity index (χ4n) is 2.54. The average Bonchev–Trinajstić information content (AvgIpc) is 2.86. The number of hydrogen-bond donors (Lipinski definition) is 1. The van der Waals surface area contributed by atoms with Crippen LogP contribution in [0.15, 0.2) is 17.7 Å². The van der Waals surface area contributed by atoms with Crippen LogP contribution in [0.1, 0.15) is 45.2 Å². The molecule has 0 aliphatic heterocycles. The Bertz CT molecular complexity index is 691. The molecule has 1 aromatic carbocycles. The van der Waals surface area contributed by atoms with Crippen LogP contribution in [0.5, 0.6) is 5.75 Å². The fraction of sp³-hybridized carbons (Fsp3) is 0.474. The molecule has 136 valence electrons. The van der Waals surface area contributed by atoms with Gasteiger partial charge in [0.15, 0.2) is 0 Å². The third-order valence-corrected chi connectivity index (χ3v) is 3.58. The second-order valence-corrected chi connectivity index (χ2v) is 7.18. The van der Waals surface area contributed by atoms with Gasteiger partial charge < -0.3 is 19.6 Å². The van der Waals surface area contributed by atoms with Crippen LogP contribution in [0.4, 0.5) is 9.18 Å². The molecule has 5 nitrogen and oxygen atoms in total. The van der Waals surface area contributed by atoms with Gasteiger partial charge in [-0.25, -0.2) is 9.18 Å². The van der Waals surface area contributed by atoms with Gasteiger partial charge in [0.1, 0.15) is 30.1 Å². The number of halogens is 1. The maximum absolute atomic E-state index is 14.2. The smallest absolute Gasteiger partial charge is 0.407 e. The van der Waals surface area contributed by atoms with Crippen LogP contribution in [0.2, 0.25) is 0 Å². The van der Waals surface area contributed by atoms with Crippen molar-refractivity contribution in [2.45, 2.75) is 52.2 Å². The van der Waals surface area contributed by atoms with Crippen LogP contribution in [0.25, 0.3) is 6.08 Å². The first-order chi connectivity index (χ1) is 11.7. The molecule has 1 aliphatic carbocycles. The van der Waals surface area contributed by atoms with Gasteiger partial charge >= 0.3 is 6.09 Å². The fourth-order valence-corrected chi connectivity index (χ4v) is 2.54. The highest BCUT2D eigenvalue weighted by Crippen LogP contribution is 2.32. The number of benzene rings is 1. The summed E-state index contributed by atoms with van der Waals surface area (Å²) in [4.78, 5) is 22.3. The Morgan fingerprint density at radius 3 is 2.76 bits per heavy atom. The Labute approximate surface area is 147 Å². The number of carbonyl (C=O) groups is 2. The zero-order valence-electron chi connectivity index (χ0n) is 15.0. The van der Waals surface area contributed by atoms with E-state index in [1.807, 2.05) is 6.08 Å². The molecular weight excluding hydrogens is 325 g/mol. The van der Waals surface area contributed by atoms with Gasteiger partial charge in [0, 0.05) is 12.5 Å². The zero-order chi connectivity index (χ0) is 18.6. The highest BCUT2D eigenvalue weighted by molar-refractivity contribution is 5.70. The van der Waals surface area contributed by atoms with E-state index >= 15 is 0 Å². The van der Waals surface area contributed by atoms with Crippen molar-refractivity contribution in [2.24, 2.45) is 0 Å². The number of rotatable bonds is 6. The third kappa shape index (κ3) is 5.59. The molecule has 1 unspecified atom stereocenters. The van der Waals surface area contributed by atoms with Crippen molar-refractivity contribution < 1.29 is 23.5 Å². The van der Waals surface area contributed by atoms with E-state index in [1.165, 1.54) is 6.07 Å². The van der Waals surface area contributed by atoms with E-state index in [1.54, 1.807) is 33.8 Å². The Kier molecular flexibility index (Phi) is 5.82. The number of aldehydes is 1. The molecule has 0 bridgehead atoms. The monoisotopic (exact) mass is 349 g/mol. The van der Waals surface area contributed by atoms with Crippen LogP contribution in [-0.4, -0.2) is 30.6 Å². The summed E-state index contributed by atoms with van der Waals surface area (Å²) in [7, 11) is 0. The summed E-state index contributed by atoms with van der Waals surface area (Å²) in [6.45, 7) is 7.31. The van der Waals surface area contributed by atoms with Crippen LogP contribution in [0.3, 0.4) is 0 Å². The molecule has 0 spiro atoms. The van der Waals surface area contributed by atoms with E-state index < -0.39 is 11.7 Å². The lowest BCUT2D eigenvalue weighted by atomic mass is 10.1. The molecule has 0 fully saturated rings. The number of nitrogens with one attached hydrogen (secondary N) is 1. The summed E-state index contributed by atoms with van der Waals surface area (Å²) in [6.07, 6.45) is 2.88. The van der Waals surface area contributed by atoms with Crippen molar-refractivity contribution in [2.75, 3.05) is 6.61 Å². The van der Waals surface area contributed by atoms with E-state index in [4.69, 9.17) is 9.47 Å². The van der Waals surface area contributed by atoms with Crippen molar-refractivity contribution in [1.29, 1.82) is 0 Å². The molecule has 0 saturated heterocycles. The second kappa shape index (κ2) is 7.68. The summed E-state index contributed by atoms with van der Waals surface area (Å²) in [5.74, 6) is 0.0371. The highest BCUT2D eigenvalue weighted by atomic mass is 19.1. The number of carbonyl (C=O) groups excluding carboxylic acids is 2. The van der Waals surface area contributed by atoms with Crippen LogP contribution in [0, 0.1) is 5.82 Å². The first-order valence-corrected chi connectivity index (χ1v) is 8.26. The predicted molar refractivity (Wildman–Crippen MR) is 93.1 cm³/mol. The van der Waals surface area contributed by atoms with Crippen LogP contribution in [-0.2, 0) is 16.0 Å². The molecule has 1 aliphatic rings. The lowest BCUT2D eigenvalue weighted by Crippen LogP contribution is -2.40. The van der Waals surface area contributed by atoms with E-state index in [-0.39, 0.29) is 18.5 Å². The lowest BCUT2D eigenvalue weighted by molar-refractivity contribution is -0.107. The largest absolute Gasteiger partial charge is 0.491 e. The van der Waals surface area contributed by atoms with Crippen molar-refractivity contribution in [3.63, 3.8) is 0 Å². The Morgan fingerprint density at radius 1 is 1.40 bits per heavy atom. The standard InChI is InChI=1S/C19H24FNO4/c1-12(21-18(23)25-19(2,3)4)11-24-15-9-14-7-13(5-6-22)8-16(14)17(20)10-15/h6-7,9-10,12H,5,8,11H2,1-4H3,(H,21,23). The first-order valence-electron chi connectivity index (χ1n) is 8.26. The van der Waals surface area contributed by atoms with Crippen molar-refractivity contribution in [3.8, 4) is 5.75 Å². The SMILES string of the molecule is CC(COc1cc(F)c2c(c1)C=C(CC=O)C2)NC(=O)OC(C)(C)C. The molecule has 0 aromatic heterocycles. The topological polar surface area (TPSA) is 64.6 Å². The Morgan fingerprint density at radius 2 is 2.12 bits per heavy atom. The van der Waals surface area contributed by atoms with Crippen molar-refractivity contribution in [3.05, 3.63) is 34.6 Å². The summed E-state index contributed by atoms with van der Waals surface area (Å²) in [5.41, 5.74) is 1.64. The third-order valence-electron chi connectivity index (χ3n) is 3.58. The maximum Gasteiger partial charge on any atom is 0.407 e. The molecule has 0 saturated carbocycles. The minimum Gasteiger partial charge on any atom is -0.491 e. The molecule has 2 rings (SSSR count). The minimum absolute atomic E-state index is 0.183. The summed E-state index contributed by atoms with van der Waals surface area (Å²) >= 11 is 0. The molecule has 0 heterocycles. The summed E-state index contributed by atoms with van der Waals surface area (Å²) in [6, 6.07) is 2.78. The molecule has 1 aromatic rings. The van der Waals surface area contributed by atoms with E-state index in [9.17, 15) is 14.0 Å². The van der Waals surface area contributed by atoms with E-state index in [0.29, 0.717) is 24.2 Å². The lowest BCUT2D eigenvalue weighted by Gasteiger charge is -2.22. The van der Waals surface area contributed by atoms with Gasteiger partial charge in [-0.1, -0.05) is 11.6 Å². The number of ether oxygens (including phenoxy) is 2. The zero-order valence-corrected chi connectivity index (χ0v) is 15.0. The second-order valence-electron chi connectivity index (χ2n) is 7.18. The Balaban J connectivity index is 1.93. The number of allylic oxidation sites excluding steroid dienone is 1. The maximum atomic E-state index is 14.2. The van der Waals surface area contributed by atoms with Gasteiger partial charge in [-0.05, 0) is 51.3 Å². The molecule has 1 atom stereocenters. The van der Waals surface area contributed by atoms with Gasteiger partial charge in [0.05, 0.1) is 6.04 Å².